The molecule has 0 fully saturated rings. The summed E-state index contributed by atoms with van der Waals surface area (Å²) in [5, 5.41) is 14.9. The van der Waals surface area contributed by atoms with E-state index in [1.807, 2.05) is 18.2 Å². The third-order valence-corrected chi connectivity index (χ3v) is 3.53. The van der Waals surface area contributed by atoms with Crippen molar-refractivity contribution in [1.82, 2.24) is 5.43 Å². The van der Waals surface area contributed by atoms with Gasteiger partial charge in [-0.3, -0.25) is 4.79 Å². The van der Waals surface area contributed by atoms with Gasteiger partial charge in [0, 0.05) is 10.9 Å². The van der Waals surface area contributed by atoms with Crippen molar-refractivity contribution in [1.29, 1.82) is 0 Å². The molecule has 0 aliphatic heterocycles. The third kappa shape index (κ3) is 3.20. The van der Waals surface area contributed by atoms with E-state index >= 15 is 0 Å². The molecule has 24 heavy (non-hydrogen) atoms. The van der Waals surface area contributed by atoms with E-state index in [-0.39, 0.29) is 11.5 Å². The number of carbonyl (C=O) groups is 1. The average Bonchev–Trinajstić information content (AvgIpc) is 3.02. The minimum absolute atomic E-state index is 0.124. The van der Waals surface area contributed by atoms with Gasteiger partial charge in [-0.25, -0.2) is 5.43 Å². The minimum atomic E-state index is -0.454. The predicted octanol–water partition coefficient (Wildman–Crippen LogP) is 3.63. The molecular formula is C19H16N2O3. The first-order valence-electron chi connectivity index (χ1n) is 7.43. The van der Waals surface area contributed by atoms with Gasteiger partial charge in [-0.1, -0.05) is 36.4 Å². The van der Waals surface area contributed by atoms with Crippen LogP contribution in [0.3, 0.4) is 0 Å². The van der Waals surface area contributed by atoms with Gasteiger partial charge < -0.3 is 9.52 Å². The molecule has 2 N–H and O–H groups in total. The number of amides is 1. The van der Waals surface area contributed by atoms with Crippen LogP contribution in [0.1, 0.15) is 21.7 Å². The quantitative estimate of drug-likeness (QED) is 0.428. The van der Waals surface area contributed by atoms with Crippen LogP contribution in [-0.2, 0) is 6.42 Å². The maximum Gasteiger partial charge on any atom is 0.307 e. The standard InChI is InChI=1S/C19H16N2O3/c1-2-6-13-8-5-9-15(18(13)22)12-20-21-19(23)17-11-14-7-3-4-10-16(14)24-17/h2-5,7-12,22H,1,6H2,(H,21,23). The zero-order valence-corrected chi connectivity index (χ0v) is 12.9. The SMILES string of the molecule is C=CCc1cccc(C=NNC(=O)c2cc3ccccc3o2)c1O. The highest BCUT2D eigenvalue weighted by molar-refractivity contribution is 5.96. The summed E-state index contributed by atoms with van der Waals surface area (Å²) in [5.74, 6) is -0.152. The van der Waals surface area contributed by atoms with Crippen molar-refractivity contribution >= 4 is 23.1 Å². The van der Waals surface area contributed by atoms with Gasteiger partial charge in [0.25, 0.3) is 0 Å². The highest BCUT2D eigenvalue weighted by atomic mass is 16.3. The lowest BCUT2D eigenvalue weighted by molar-refractivity contribution is 0.0929. The van der Waals surface area contributed by atoms with Gasteiger partial charge in [0.1, 0.15) is 11.3 Å². The monoisotopic (exact) mass is 320 g/mol. The van der Waals surface area contributed by atoms with E-state index in [2.05, 4.69) is 17.1 Å². The molecule has 2 aromatic carbocycles. The fourth-order valence-electron chi connectivity index (χ4n) is 2.34. The molecule has 5 nitrogen and oxygen atoms in total. The number of phenolic OH excluding ortho intramolecular Hbond substituents is 1. The van der Waals surface area contributed by atoms with Crippen molar-refractivity contribution in [2.24, 2.45) is 5.10 Å². The number of aromatic hydroxyl groups is 1. The number of phenols is 1. The minimum Gasteiger partial charge on any atom is -0.507 e. The highest BCUT2D eigenvalue weighted by Crippen LogP contribution is 2.22. The number of hydrogen-bond acceptors (Lipinski definition) is 4. The second-order valence-corrected chi connectivity index (χ2v) is 5.20. The summed E-state index contributed by atoms with van der Waals surface area (Å²) in [5.41, 5.74) is 4.29. The summed E-state index contributed by atoms with van der Waals surface area (Å²) < 4.78 is 5.46. The first-order valence-corrected chi connectivity index (χ1v) is 7.43. The molecule has 1 amide bonds. The molecule has 0 aliphatic carbocycles. The molecule has 1 heterocycles. The number of furan rings is 1. The van der Waals surface area contributed by atoms with E-state index in [0.717, 1.165) is 10.9 Å². The molecule has 0 bridgehead atoms. The molecule has 3 aromatic rings. The summed E-state index contributed by atoms with van der Waals surface area (Å²) in [6.45, 7) is 3.65. The fraction of sp³-hybridized carbons (Fsp3) is 0.0526. The number of nitrogens with zero attached hydrogens (tertiary/aromatic N) is 1. The number of hydrazone groups is 1. The van der Waals surface area contributed by atoms with E-state index in [9.17, 15) is 9.90 Å². The van der Waals surface area contributed by atoms with Crippen molar-refractivity contribution in [2.75, 3.05) is 0 Å². The van der Waals surface area contributed by atoms with Crippen molar-refractivity contribution in [3.63, 3.8) is 0 Å². The topological polar surface area (TPSA) is 74.8 Å². The van der Waals surface area contributed by atoms with E-state index in [0.29, 0.717) is 17.6 Å². The number of nitrogens with one attached hydrogen (secondary N) is 1. The third-order valence-electron chi connectivity index (χ3n) is 3.53. The molecule has 0 saturated heterocycles. The van der Waals surface area contributed by atoms with Crippen molar-refractivity contribution < 1.29 is 14.3 Å². The summed E-state index contributed by atoms with van der Waals surface area (Å²) in [6, 6.07) is 14.3. The maximum atomic E-state index is 12.1. The molecule has 0 spiro atoms. The number of para-hydroxylation sites is 2. The Labute approximate surface area is 138 Å². The van der Waals surface area contributed by atoms with Gasteiger partial charge in [-0.15, -0.1) is 6.58 Å². The van der Waals surface area contributed by atoms with Crippen molar-refractivity contribution in [2.45, 2.75) is 6.42 Å². The van der Waals surface area contributed by atoms with Gasteiger partial charge in [0.15, 0.2) is 5.76 Å². The Balaban J connectivity index is 1.73. The summed E-state index contributed by atoms with van der Waals surface area (Å²) in [4.78, 5) is 12.1. The van der Waals surface area contributed by atoms with Crippen LogP contribution < -0.4 is 5.43 Å². The predicted molar refractivity (Wildman–Crippen MR) is 93.3 cm³/mol. The highest BCUT2D eigenvalue weighted by Gasteiger charge is 2.11. The smallest absolute Gasteiger partial charge is 0.307 e. The van der Waals surface area contributed by atoms with Crippen LogP contribution in [0, 0.1) is 0 Å². The Morgan fingerprint density at radius 3 is 2.88 bits per heavy atom. The number of fused-ring (bicyclic) bond motifs is 1. The van der Waals surface area contributed by atoms with E-state index in [1.165, 1.54) is 6.21 Å². The van der Waals surface area contributed by atoms with Crippen LogP contribution in [0.2, 0.25) is 0 Å². The number of rotatable bonds is 5. The van der Waals surface area contributed by atoms with Gasteiger partial charge in [0.2, 0.25) is 0 Å². The van der Waals surface area contributed by atoms with Crippen LogP contribution in [0.4, 0.5) is 0 Å². The van der Waals surface area contributed by atoms with Gasteiger partial charge in [-0.2, -0.15) is 5.10 Å². The zero-order valence-electron chi connectivity index (χ0n) is 12.9. The second-order valence-electron chi connectivity index (χ2n) is 5.20. The van der Waals surface area contributed by atoms with Crippen LogP contribution in [0.25, 0.3) is 11.0 Å². The molecule has 5 heteroatoms. The largest absolute Gasteiger partial charge is 0.507 e. The second kappa shape index (κ2) is 6.83. The van der Waals surface area contributed by atoms with Crippen LogP contribution in [-0.4, -0.2) is 17.2 Å². The summed E-state index contributed by atoms with van der Waals surface area (Å²) >= 11 is 0. The number of carbonyl (C=O) groups excluding carboxylic acids is 1. The Hall–Kier alpha value is -3.34. The first kappa shape index (κ1) is 15.6. The summed E-state index contributed by atoms with van der Waals surface area (Å²) in [6.07, 6.45) is 3.65. The van der Waals surface area contributed by atoms with Crippen LogP contribution in [0.5, 0.6) is 5.75 Å². The molecule has 0 radical (unpaired) electrons. The lowest BCUT2D eigenvalue weighted by Gasteiger charge is -2.04. The van der Waals surface area contributed by atoms with E-state index in [1.54, 1.807) is 36.4 Å². The molecule has 0 aliphatic rings. The zero-order chi connectivity index (χ0) is 16.9. The molecule has 0 atom stereocenters. The van der Waals surface area contributed by atoms with E-state index in [4.69, 9.17) is 4.42 Å². The van der Waals surface area contributed by atoms with E-state index < -0.39 is 5.91 Å². The maximum absolute atomic E-state index is 12.1. The molecule has 120 valence electrons. The lowest BCUT2D eigenvalue weighted by Crippen LogP contribution is -2.16. The van der Waals surface area contributed by atoms with Crippen LogP contribution in [0.15, 0.2) is 70.7 Å². The van der Waals surface area contributed by atoms with Crippen molar-refractivity contribution in [3.05, 3.63) is 78.1 Å². The Bertz CT molecular complexity index is 892. The number of benzene rings is 2. The fourth-order valence-corrected chi connectivity index (χ4v) is 2.34. The first-order chi connectivity index (χ1) is 11.7. The van der Waals surface area contributed by atoms with Gasteiger partial charge in [0.05, 0.1) is 6.21 Å². The lowest BCUT2D eigenvalue weighted by atomic mass is 10.1. The van der Waals surface area contributed by atoms with Crippen LogP contribution >= 0.6 is 0 Å². The van der Waals surface area contributed by atoms with Gasteiger partial charge in [-0.05, 0) is 30.2 Å². The molecule has 0 unspecified atom stereocenters. The Morgan fingerprint density at radius 2 is 2.08 bits per heavy atom. The molecule has 1 aromatic heterocycles. The Morgan fingerprint density at radius 1 is 1.25 bits per heavy atom. The normalized spacial score (nSPS) is 11.0. The summed E-state index contributed by atoms with van der Waals surface area (Å²) in [7, 11) is 0. The van der Waals surface area contributed by atoms with Gasteiger partial charge >= 0.3 is 5.91 Å². The number of hydrogen-bond donors (Lipinski definition) is 2. The Kier molecular flexibility index (Phi) is 4.43. The molecular weight excluding hydrogens is 304 g/mol. The average molecular weight is 320 g/mol. The molecule has 0 saturated carbocycles. The molecule has 3 rings (SSSR count). The number of allylic oxidation sites excluding steroid dienone is 1. The van der Waals surface area contributed by atoms with Crippen molar-refractivity contribution in [3.8, 4) is 5.75 Å².